The maximum atomic E-state index is 12.6. The van der Waals surface area contributed by atoms with E-state index >= 15 is 0 Å². The van der Waals surface area contributed by atoms with Crippen LogP contribution in [-0.4, -0.2) is 35.9 Å². The highest BCUT2D eigenvalue weighted by molar-refractivity contribution is 7.89. The number of nitrogens with one attached hydrogen (secondary N) is 2. The third-order valence-corrected chi connectivity index (χ3v) is 6.59. The maximum absolute atomic E-state index is 12.6. The highest BCUT2D eigenvalue weighted by Gasteiger charge is 2.25. The number of hydrogen-bond donors (Lipinski definition) is 3. The Balaban J connectivity index is 2.04. The summed E-state index contributed by atoms with van der Waals surface area (Å²) in [5.74, 6) is -0.491. The smallest absolute Gasteiger partial charge is 0.245 e. The second-order valence-corrected chi connectivity index (χ2v) is 9.73. The Morgan fingerprint density at radius 1 is 1.14 bits per heavy atom. The minimum Gasteiger partial charge on any atom is -0.495 e. The van der Waals surface area contributed by atoms with E-state index in [0.717, 1.165) is 0 Å². The van der Waals surface area contributed by atoms with E-state index in [0.29, 0.717) is 5.56 Å². The summed E-state index contributed by atoms with van der Waals surface area (Å²) in [7, 11) is -6.56. The molecule has 0 heterocycles. The number of rotatable bonds is 8. The molecular formula is C17H20ClN3O6S2. The van der Waals surface area contributed by atoms with Gasteiger partial charge in [-0.2, -0.15) is 4.72 Å². The van der Waals surface area contributed by atoms with Crippen molar-refractivity contribution in [1.82, 2.24) is 10.0 Å². The van der Waals surface area contributed by atoms with Gasteiger partial charge in [0.15, 0.2) is 0 Å². The summed E-state index contributed by atoms with van der Waals surface area (Å²) in [6.07, 6.45) is 0. The van der Waals surface area contributed by atoms with Crippen LogP contribution in [0.3, 0.4) is 0 Å². The maximum Gasteiger partial charge on any atom is 0.245 e. The van der Waals surface area contributed by atoms with Crippen molar-refractivity contribution in [1.29, 1.82) is 0 Å². The lowest BCUT2D eigenvalue weighted by molar-refractivity contribution is -0.122. The first-order chi connectivity index (χ1) is 13.4. The van der Waals surface area contributed by atoms with Crippen molar-refractivity contribution in [3.8, 4) is 5.75 Å². The average Bonchev–Trinajstić information content (AvgIpc) is 2.65. The van der Waals surface area contributed by atoms with Gasteiger partial charge in [0, 0.05) is 11.6 Å². The van der Waals surface area contributed by atoms with Gasteiger partial charge in [-0.05, 0) is 42.8 Å². The Bertz CT molecular complexity index is 1100. The molecule has 2 aromatic rings. The topological polar surface area (TPSA) is 145 Å². The number of amides is 1. The normalized spacial score (nSPS) is 13.0. The van der Waals surface area contributed by atoms with E-state index in [4.69, 9.17) is 21.5 Å². The molecule has 158 valence electrons. The first-order valence-corrected chi connectivity index (χ1v) is 11.6. The fraction of sp³-hybridized carbons (Fsp3) is 0.235. The zero-order chi connectivity index (χ0) is 21.8. The first kappa shape index (κ1) is 23.1. The largest absolute Gasteiger partial charge is 0.495 e. The van der Waals surface area contributed by atoms with Crippen LogP contribution in [-0.2, 0) is 31.4 Å². The fourth-order valence-corrected chi connectivity index (χ4v) is 4.50. The van der Waals surface area contributed by atoms with Gasteiger partial charge in [-0.15, -0.1) is 0 Å². The Labute approximate surface area is 174 Å². The number of benzene rings is 2. The van der Waals surface area contributed by atoms with Crippen molar-refractivity contribution in [3.05, 3.63) is 53.1 Å². The van der Waals surface area contributed by atoms with Gasteiger partial charge in [-0.25, -0.2) is 22.0 Å². The molecule has 4 N–H and O–H groups in total. The van der Waals surface area contributed by atoms with Gasteiger partial charge in [0.1, 0.15) is 10.6 Å². The molecule has 0 unspecified atom stereocenters. The van der Waals surface area contributed by atoms with Crippen molar-refractivity contribution < 1.29 is 26.4 Å². The molecule has 0 aliphatic heterocycles. The zero-order valence-electron chi connectivity index (χ0n) is 15.5. The molecule has 0 aromatic heterocycles. The van der Waals surface area contributed by atoms with Gasteiger partial charge < -0.3 is 10.1 Å². The van der Waals surface area contributed by atoms with Gasteiger partial charge in [0.05, 0.1) is 18.0 Å². The highest BCUT2D eigenvalue weighted by Crippen LogP contribution is 2.27. The van der Waals surface area contributed by atoms with Gasteiger partial charge in [0.25, 0.3) is 0 Å². The molecule has 0 bridgehead atoms. The number of ether oxygens (including phenoxy) is 1. The summed E-state index contributed by atoms with van der Waals surface area (Å²) in [6.45, 7) is 1.45. The molecule has 0 saturated carbocycles. The summed E-state index contributed by atoms with van der Waals surface area (Å²) in [6, 6.07) is 8.64. The van der Waals surface area contributed by atoms with Crippen LogP contribution < -0.4 is 19.9 Å². The third kappa shape index (κ3) is 6.15. The molecule has 0 radical (unpaired) electrons. The molecule has 9 nitrogen and oxygen atoms in total. The van der Waals surface area contributed by atoms with Crippen molar-refractivity contribution >= 4 is 37.6 Å². The molecule has 2 rings (SSSR count). The summed E-state index contributed by atoms with van der Waals surface area (Å²) >= 11 is 5.86. The van der Waals surface area contributed by atoms with Crippen LogP contribution in [0.5, 0.6) is 5.75 Å². The van der Waals surface area contributed by atoms with E-state index in [1.165, 1.54) is 56.5 Å². The lowest BCUT2D eigenvalue weighted by Crippen LogP contribution is -2.44. The number of hydrogen-bond acceptors (Lipinski definition) is 6. The molecule has 0 saturated heterocycles. The molecule has 2 aromatic carbocycles. The van der Waals surface area contributed by atoms with E-state index in [1.54, 1.807) is 0 Å². The predicted molar refractivity (Wildman–Crippen MR) is 107 cm³/mol. The van der Waals surface area contributed by atoms with Crippen molar-refractivity contribution in [2.24, 2.45) is 5.14 Å². The molecule has 29 heavy (non-hydrogen) atoms. The summed E-state index contributed by atoms with van der Waals surface area (Å²) in [5, 5.41) is 7.79. The number of nitrogens with two attached hydrogens (primary N) is 1. The van der Waals surface area contributed by atoms with Crippen LogP contribution in [0, 0.1) is 0 Å². The van der Waals surface area contributed by atoms with Crippen molar-refractivity contribution in [2.75, 3.05) is 7.11 Å². The number of halogens is 1. The SMILES string of the molecule is COc1ccc(Cl)cc1S(=O)(=O)N[C@H](C)C(=O)NCc1ccc(S(N)(=O)=O)cc1. The molecule has 0 spiro atoms. The standard InChI is InChI=1S/C17H20ClN3O6S2/c1-11(21-29(25,26)16-9-13(18)5-8-15(16)27-2)17(22)20-10-12-3-6-14(7-4-12)28(19,23)24/h3-9,11,21H,10H2,1-2H3,(H,20,22)(H2,19,23,24)/t11-/m1/s1. The second-order valence-electron chi connectivity index (χ2n) is 6.04. The highest BCUT2D eigenvalue weighted by atomic mass is 35.5. The molecule has 0 aliphatic carbocycles. The van der Waals surface area contributed by atoms with E-state index in [1.807, 2.05) is 0 Å². The number of methoxy groups -OCH3 is 1. The number of carbonyl (C=O) groups excluding carboxylic acids is 1. The van der Waals surface area contributed by atoms with Crippen LogP contribution in [0.15, 0.2) is 52.3 Å². The van der Waals surface area contributed by atoms with E-state index < -0.39 is 32.0 Å². The lowest BCUT2D eigenvalue weighted by Gasteiger charge is -2.16. The van der Waals surface area contributed by atoms with E-state index in [9.17, 15) is 21.6 Å². The van der Waals surface area contributed by atoms with E-state index in [-0.39, 0.29) is 27.1 Å². The third-order valence-electron chi connectivity index (χ3n) is 3.86. The quantitative estimate of drug-likeness (QED) is 0.534. The lowest BCUT2D eigenvalue weighted by atomic mass is 10.2. The fourth-order valence-electron chi connectivity index (χ4n) is 2.35. The molecule has 1 amide bonds. The van der Waals surface area contributed by atoms with Crippen LogP contribution in [0.25, 0.3) is 0 Å². The van der Waals surface area contributed by atoms with Crippen molar-refractivity contribution in [3.63, 3.8) is 0 Å². The first-order valence-electron chi connectivity index (χ1n) is 8.19. The van der Waals surface area contributed by atoms with Crippen LogP contribution in [0.2, 0.25) is 5.02 Å². The Morgan fingerprint density at radius 2 is 1.76 bits per heavy atom. The van der Waals surface area contributed by atoms with Gasteiger partial charge >= 0.3 is 0 Å². The molecular weight excluding hydrogens is 442 g/mol. The minimum atomic E-state index is -4.08. The molecule has 0 aliphatic rings. The minimum absolute atomic E-state index is 0.0517. The molecule has 1 atom stereocenters. The Hall–Kier alpha value is -2.18. The average molecular weight is 462 g/mol. The Morgan fingerprint density at radius 3 is 2.31 bits per heavy atom. The number of carbonyl (C=O) groups is 1. The van der Waals surface area contributed by atoms with Gasteiger partial charge in [0.2, 0.25) is 26.0 Å². The summed E-state index contributed by atoms with van der Waals surface area (Å²) in [4.78, 5) is 12.0. The van der Waals surface area contributed by atoms with Crippen molar-refractivity contribution in [2.45, 2.75) is 29.3 Å². The van der Waals surface area contributed by atoms with Crippen LogP contribution in [0.1, 0.15) is 12.5 Å². The van der Waals surface area contributed by atoms with Crippen LogP contribution >= 0.6 is 11.6 Å². The predicted octanol–water partition coefficient (Wildman–Crippen LogP) is 0.979. The Kier molecular flexibility index (Phi) is 7.25. The molecule has 12 heteroatoms. The summed E-state index contributed by atoms with van der Waals surface area (Å²) < 4.78 is 55.0. The second kappa shape index (κ2) is 9.09. The van der Waals surface area contributed by atoms with Gasteiger partial charge in [-0.3, -0.25) is 4.79 Å². The monoisotopic (exact) mass is 461 g/mol. The van der Waals surface area contributed by atoms with Gasteiger partial charge in [-0.1, -0.05) is 23.7 Å². The van der Waals surface area contributed by atoms with Crippen LogP contribution in [0.4, 0.5) is 0 Å². The zero-order valence-corrected chi connectivity index (χ0v) is 17.9. The number of primary sulfonamides is 1. The summed E-state index contributed by atoms with van der Waals surface area (Å²) in [5.41, 5.74) is 0.609. The van der Waals surface area contributed by atoms with E-state index in [2.05, 4.69) is 10.0 Å². The number of sulfonamides is 2. The molecule has 0 fully saturated rings.